The summed E-state index contributed by atoms with van der Waals surface area (Å²) in [5, 5.41) is 9.24. The fourth-order valence-electron chi connectivity index (χ4n) is 1.95. The number of nitrogens with zero attached hydrogens (tertiary/aromatic N) is 2. The summed E-state index contributed by atoms with van der Waals surface area (Å²) in [4.78, 5) is 17.6. The van der Waals surface area contributed by atoms with Crippen LogP contribution in [0.1, 0.15) is 30.1 Å². The summed E-state index contributed by atoms with van der Waals surface area (Å²) < 4.78 is 0. The third-order valence-corrected chi connectivity index (χ3v) is 2.78. The van der Waals surface area contributed by atoms with E-state index in [-0.39, 0.29) is 11.7 Å². The van der Waals surface area contributed by atoms with Crippen molar-refractivity contribution in [1.82, 2.24) is 9.88 Å². The van der Waals surface area contributed by atoms with Gasteiger partial charge in [0.05, 0.1) is 11.8 Å². The predicted molar refractivity (Wildman–Crippen MR) is 55.6 cm³/mol. The van der Waals surface area contributed by atoms with Crippen LogP contribution < -0.4 is 0 Å². The van der Waals surface area contributed by atoms with Gasteiger partial charge in [0, 0.05) is 18.8 Å². The van der Waals surface area contributed by atoms with Crippen LogP contribution in [0.3, 0.4) is 0 Å². The molecule has 15 heavy (non-hydrogen) atoms. The smallest absolute Gasteiger partial charge is 0.255 e. The molecule has 1 saturated heterocycles. The van der Waals surface area contributed by atoms with Gasteiger partial charge < -0.3 is 10.0 Å². The number of pyridine rings is 1. The first-order chi connectivity index (χ1) is 7.18. The molecular weight excluding hydrogens is 192 g/mol. The van der Waals surface area contributed by atoms with E-state index in [1.807, 2.05) is 11.8 Å². The molecule has 0 saturated carbocycles. The Labute approximate surface area is 88.6 Å². The third kappa shape index (κ3) is 1.93. The minimum absolute atomic E-state index is 0.0349. The van der Waals surface area contributed by atoms with Crippen LogP contribution in [-0.2, 0) is 0 Å². The normalized spacial score (nSPS) is 20.6. The van der Waals surface area contributed by atoms with Crippen LogP contribution in [-0.4, -0.2) is 33.5 Å². The zero-order valence-electron chi connectivity index (χ0n) is 8.68. The van der Waals surface area contributed by atoms with E-state index in [0.29, 0.717) is 11.6 Å². The molecule has 0 aliphatic carbocycles. The van der Waals surface area contributed by atoms with E-state index < -0.39 is 0 Å². The highest BCUT2D eigenvalue weighted by atomic mass is 16.3. The third-order valence-electron chi connectivity index (χ3n) is 2.78. The van der Waals surface area contributed by atoms with Crippen LogP contribution in [0, 0.1) is 0 Å². The molecule has 1 fully saturated rings. The van der Waals surface area contributed by atoms with Gasteiger partial charge in [0.25, 0.3) is 5.91 Å². The number of hydrogen-bond acceptors (Lipinski definition) is 3. The molecule has 1 aromatic rings. The van der Waals surface area contributed by atoms with Crippen LogP contribution in [0.15, 0.2) is 18.5 Å². The van der Waals surface area contributed by atoms with E-state index in [4.69, 9.17) is 0 Å². The summed E-state index contributed by atoms with van der Waals surface area (Å²) in [5.74, 6) is -0.00361. The number of likely N-dealkylation sites (tertiary alicyclic amines) is 1. The number of aromatic hydroxyl groups is 1. The first-order valence-corrected chi connectivity index (χ1v) is 5.13. The van der Waals surface area contributed by atoms with Crippen molar-refractivity contribution in [2.75, 3.05) is 6.54 Å². The second-order valence-electron chi connectivity index (χ2n) is 3.92. The van der Waals surface area contributed by atoms with Crippen molar-refractivity contribution < 1.29 is 9.90 Å². The highest BCUT2D eigenvalue weighted by Gasteiger charge is 2.26. The first-order valence-electron chi connectivity index (χ1n) is 5.13. The molecule has 0 aromatic carbocycles. The zero-order chi connectivity index (χ0) is 10.8. The number of hydrogen-bond donors (Lipinski definition) is 1. The summed E-state index contributed by atoms with van der Waals surface area (Å²) in [6, 6.07) is 1.75. The largest absolute Gasteiger partial charge is 0.506 e. The van der Waals surface area contributed by atoms with Gasteiger partial charge in [-0.2, -0.15) is 0 Å². The molecule has 1 aromatic heterocycles. The highest BCUT2D eigenvalue weighted by Crippen LogP contribution is 2.20. The number of aromatic nitrogens is 1. The van der Waals surface area contributed by atoms with Gasteiger partial charge in [-0.25, -0.2) is 0 Å². The maximum Gasteiger partial charge on any atom is 0.255 e. The molecule has 2 rings (SSSR count). The lowest BCUT2D eigenvalue weighted by Gasteiger charge is -2.21. The monoisotopic (exact) mass is 206 g/mol. The Hall–Kier alpha value is -1.58. The van der Waals surface area contributed by atoms with Crippen molar-refractivity contribution in [3.05, 3.63) is 24.0 Å². The molecule has 1 amide bonds. The number of carbonyl (C=O) groups excluding carboxylic acids is 1. The molecule has 1 unspecified atom stereocenters. The maximum atomic E-state index is 12.0. The van der Waals surface area contributed by atoms with Crippen molar-refractivity contribution in [2.45, 2.75) is 25.8 Å². The number of amides is 1. The molecule has 1 aliphatic heterocycles. The second kappa shape index (κ2) is 3.88. The molecular formula is C11H14N2O2. The quantitative estimate of drug-likeness (QED) is 0.755. The topological polar surface area (TPSA) is 53.4 Å². The van der Waals surface area contributed by atoms with Gasteiger partial charge in [-0.1, -0.05) is 0 Å². The van der Waals surface area contributed by atoms with E-state index in [1.54, 1.807) is 0 Å². The van der Waals surface area contributed by atoms with E-state index in [1.165, 1.54) is 18.5 Å². The van der Waals surface area contributed by atoms with E-state index in [0.717, 1.165) is 19.4 Å². The van der Waals surface area contributed by atoms with Crippen LogP contribution in [0.25, 0.3) is 0 Å². The van der Waals surface area contributed by atoms with Crippen LogP contribution in [0.2, 0.25) is 0 Å². The average molecular weight is 206 g/mol. The molecule has 1 N–H and O–H groups in total. The van der Waals surface area contributed by atoms with Crippen molar-refractivity contribution in [1.29, 1.82) is 0 Å². The molecule has 4 nitrogen and oxygen atoms in total. The maximum absolute atomic E-state index is 12.0. The summed E-state index contributed by atoms with van der Waals surface area (Å²) in [6.07, 6.45) is 4.93. The lowest BCUT2D eigenvalue weighted by molar-refractivity contribution is 0.0746. The van der Waals surface area contributed by atoms with Gasteiger partial charge in [-0.3, -0.25) is 9.78 Å². The molecule has 0 spiro atoms. The SMILES string of the molecule is CC1CCCN1C(=O)c1cncc(O)c1. The Bertz CT molecular complexity index is 379. The van der Waals surface area contributed by atoms with Gasteiger partial charge in [0.2, 0.25) is 0 Å². The summed E-state index contributed by atoms with van der Waals surface area (Å²) in [7, 11) is 0. The minimum atomic E-state index is -0.0385. The minimum Gasteiger partial charge on any atom is -0.506 e. The summed E-state index contributed by atoms with van der Waals surface area (Å²) in [5.41, 5.74) is 0.462. The predicted octanol–water partition coefficient (Wildman–Crippen LogP) is 1.41. The fourth-order valence-corrected chi connectivity index (χ4v) is 1.95. The van der Waals surface area contributed by atoms with Crippen molar-refractivity contribution in [3.8, 4) is 5.75 Å². The molecule has 1 atom stereocenters. The van der Waals surface area contributed by atoms with Crippen molar-refractivity contribution in [2.24, 2.45) is 0 Å². The number of carbonyl (C=O) groups is 1. The molecule has 80 valence electrons. The standard InChI is InChI=1S/C11H14N2O2/c1-8-3-2-4-13(8)11(15)9-5-10(14)7-12-6-9/h5-8,14H,2-4H2,1H3. The van der Waals surface area contributed by atoms with Crippen molar-refractivity contribution in [3.63, 3.8) is 0 Å². The summed E-state index contributed by atoms with van der Waals surface area (Å²) >= 11 is 0. The first kappa shape index (κ1) is 9.96. The molecule has 4 heteroatoms. The van der Waals surface area contributed by atoms with Crippen LogP contribution in [0.5, 0.6) is 5.75 Å². The fraction of sp³-hybridized carbons (Fsp3) is 0.455. The van der Waals surface area contributed by atoms with Gasteiger partial charge in [0.1, 0.15) is 5.75 Å². The van der Waals surface area contributed by atoms with Gasteiger partial charge in [0.15, 0.2) is 0 Å². The average Bonchev–Trinajstić information content (AvgIpc) is 2.63. The van der Waals surface area contributed by atoms with E-state index >= 15 is 0 Å². The molecule has 0 radical (unpaired) electrons. The Balaban J connectivity index is 2.20. The zero-order valence-corrected chi connectivity index (χ0v) is 8.68. The Kier molecular flexibility index (Phi) is 2.58. The lowest BCUT2D eigenvalue weighted by Crippen LogP contribution is -2.33. The Morgan fingerprint density at radius 1 is 1.60 bits per heavy atom. The van der Waals surface area contributed by atoms with Gasteiger partial charge in [-0.05, 0) is 25.8 Å². The Morgan fingerprint density at radius 2 is 2.40 bits per heavy atom. The summed E-state index contributed by atoms with van der Waals surface area (Å²) in [6.45, 7) is 2.84. The van der Waals surface area contributed by atoms with Crippen LogP contribution in [0.4, 0.5) is 0 Å². The van der Waals surface area contributed by atoms with Crippen molar-refractivity contribution >= 4 is 5.91 Å². The molecule has 2 heterocycles. The lowest BCUT2D eigenvalue weighted by atomic mass is 10.2. The highest BCUT2D eigenvalue weighted by molar-refractivity contribution is 5.94. The number of rotatable bonds is 1. The molecule has 0 bridgehead atoms. The van der Waals surface area contributed by atoms with E-state index in [9.17, 15) is 9.90 Å². The Morgan fingerprint density at radius 3 is 3.00 bits per heavy atom. The van der Waals surface area contributed by atoms with Gasteiger partial charge in [-0.15, -0.1) is 0 Å². The molecule has 1 aliphatic rings. The van der Waals surface area contributed by atoms with E-state index in [2.05, 4.69) is 4.98 Å². The van der Waals surface area contributed by atoms with Gasteiger partial charge >= 0.3 is 0 Å². The second-order valence-corrected chi connectivity index (χ2v) is 3.92. The van der Waals surface area contributed by atoms with Crippen LogP contribution >= 0.6 is 0 Å².